The number of ether oxygens (including phenoxy) is 1. The van der Waals surface area contributed by atoms with Crippen LogP contribution in [0.1, 0.15) is 60.3 Å². The summed E-state index contributed by atoms with van der Waals surface area (Å²) < 4.78 is 85.0. The second-order valence-electron chi connectivity index (χ2n) is 13.3. The van der Waals surface area contributed by atoms with E-state index in [4.69, 9.17) is 4.74 Å². The Hall–Kier alpha value is -3.09. The van der Waals surface area contributed by atoms with Crippen molar-refractivity contribution in [3.63, 3.8) is 0 Å². The Kier molecular flexibility index (Phi) is 8.03. The molecular weight excluding hydrogens is 588 g/mol. The van der Waals surface area contributed by atoms with Gasteiger partial charge < -0.3 is 25.6 Å². The molecule has 0 bridgehead atoms. The summed E-state index contributed by atoms with van der Waals surface area (Å²) in [6.07, 6.45) is -10.2. The van der Waals surface area contributed by atoms with Crippen LogP contribution in [0, 0.1) is 34.5 Å². The molecule has 2 saturated heterocycles. The number of halogens is 6. The summed E-state index contributed by atoms with van der Waals surface area (Å²) >= 11 is 0. The second-order valence-corrected chi connectivity index (χ2v) is 13.3. The van der Waals surface area contributed by atoms with E-state index in [1.54, 1.807) is 0 Å². The Morgan fingerprint density at radius 2 is 1.74 bits per heavy atom. The van der Waals surface area contributed by atoms with E-state index < -0.39 is 77.2 Å². The molecule has 1 spiro atoms. The zero-order chi connectivity index (χ0) is 32.5. The quantitative estimate of drug-likeness (QED) is 0.337. The van der Waals surface area contributed by atoms with Crippen LogP contribution in [0.3, 0.4) is 0 Å². The average molecular weight is 624 g/mol. The largest absolute Gasteiger partial charge is 0.471 e. The highest BCUT2D eigenvalue weighted by atomic mass is 19.4. The lowest BCUT2D eigenvalue weighted by atomic mass is 9.95. The van der Waals surface area contributed by atoms with E-state index in [-0.39, 0.29) is 30.3 Å². The van der Waals surface area contributed by atoms with Crippen LogP contribution < -0.4 is 16.0 Å². The number of rotatable bonds is 9. The summed E-state index contributed by atoms with van der Waals surface area (Å²) in [5.74, 6) is -6.08. The Bertz CT molecular complexity index is 1220. The molecule has 0 radical (unpaired) electrons. The minimum atomic E-state index is -5.46. The van der Waals surface area contributed by atoms with Crippen molar-refractivity contribution in [3.05, 3.63) is 0 Å². The maximum atomic E-state index is 13.7. The molecule has 43 heavy (non-hydrogen) atoms. The number of carbonyl (C=O) groups excluding carboxylic acids is 4. The molecule has 4 rings (SSSR count). The fraction of sp³-hybridized carbons (Fsp3) is 0.815. The lowest BCUT2D eigenvalue weighted by molar-refractivity contribution is -0.277. The van der Waals surface area contributed by atoms with Crippen LogP contribution in [-0.2, 0) is 23.9 Å². The molecule has 4 amide bonds. The molecule has 3 N–H and O–H groups in total. The average Bonchev–Trinajstić information content (AvgIpc) is 3.58. The van der Waals surface area contributed by atoms with Gasteiger partial charge >= 0.3 is 18.3 Å². The standard InChI is InChI=1S/C27H35F6N5O5/c1-12(43-24(4,5)27(31,32)33)17(36-22(42)26(28,29)30)21(41)38-11-15-16(23(15,2)3)18(38)20(40)35-14(10-34)8-13-9-25(6-7-25)37-19(13)39/h12-18H,6-9,11H2,1-5H3,(H,35,40)(H,36,42)(H,37,39)/t12-,13-,14+,15?,16?,17+,18?/m1/s1. The molecule has 3 unspecified atom stereocenters. The third-order valence-corrected chi connectivity index (χ3v) is 9.45. The number of hydrogen-bond donors (Lipinski definition) is 3. The van der Waals surface area contributed by atoms with Crippen LogP contribution in [0.2, 0.25) is 0 Å². The number of alkyl halides is 6. The van der Waals surface area contributed by atoms with Crippen molar-refractivity contribution in [1.82, 2.24) is 20.9 Å². The molecule has 0 aromatic heterocycles. The molecule has 240 valence electrons. The van der Waals surface area contributed by atoms with Crippen LogP contribution in [0.25, 0.3) is 0 Å². The third-order valence-electron chi connectivity index (χ3n) is 9.45. The van der Waals surface area contributed by atoms with Crippen LogP contribution in [0.4, 0.5) is 26.3 Å². The van der Waals surface area contributed by atoms with Crippen LogP contribution in [-0.4, -0.2) is 82.8 Å². The van der Waals surface area contributed by atoms with Crippen LogP contribution in [0.5, 0.6) is 0 Å². The monoisotopic (exact) mass is 623 g/mol. The molecule has 10 nitrogen and oxygen atoms in total. The van der Waals surface area contributed by atoms with Crippen molar-refractivity contribution in [2.75, 3.05) is 6.54 Å². The fourth-order valence-electron chi connectivity index (χ4n) is 6.53. The second kappa shape index (κ2) is 10.5. The first-order valence-corrected chi connectivity index (χ1v) is 14.0. The summed E-state index contributed by atoms with van der Waals surface area (Å²) in [7, 11) is 0. The zero-order valence-corrected chi connectivity index (χ0v) is 24.3. The molecule has 0 aromatic carbocycles. The van der Waals surface area contributed by atoms with E-state index >= 15 is 0 Å². The van der Waals surface area contributed by atoms with Crippen molar-refractivity contribution >= 4 is 23.6 Å². The minimum absolute atomic E-state index is 0.00957. The zero-order valence-electron chi connectivity index (χ0n) is 24.3. The first kappa shape index (κ1) is 32.8. The van der Waals surface area contributed by atoms with Gasteiger partial charge in [0.15, 0.2) is 5.60 Å². The van der Waals surface area contributed by atoms with Gasteiger partial charge in [0.05, 0.1) is 12.2 Å². The molecule has 4 aliphatic rings. The number of likely N-dealkylation sites (tertiary alicyclic amines) is 1. The number of amides is 4. The highest BCUT2D eigenvalue weighted by Gasteiger charge is 2.70. The van der Waals surface area contributed by atoms with E-state index in [0.717, 1.165) is 24.7 Å². The van der Waals surface area contributed by atoms with Gasteiger partial charge in [0, 0.05) is 18.0 Å². The third kappa shape index (κ3) is 6.28. The molecule has 2 heterocycles. The van der Waals surface area contributed by atoms with Gasteiger partial charge in [0.2, 0.25) is 17.7 Å². The molecule has 2 aliphatic heterocycles. The summed E-state index contributed by atoms with van der Waals surface area (Å²) in [6.45, 7) is 5.70. The number of carbonyl (C=O) groups is 4. The van der Waals surface area contributed by atoms with Crippen molar-refractivity contribution in [1.29, 1.82) is 5.26 Å². The summed E-state index contributed by atoms with van der Waals surface area (Å²) in [6, 6.07) is -2.69. The summed E-state index contributed by atoms with van der Waals surface area (Å²) in [5, 5.41) is 16.7. The van der Waals surface area contributed by atoms with Gasteiger partial charge in [0.25, 0.3) is 0 Å². The van der Waals surface area contributed by atoms with Crippen LogP contribution >= 0.6 is 0 Å². The van der Waals surface area contributed by atoms with Crippen molar-refractivity contribution in [2.24, 2.45) is 23.2 Å². The Balaban J connectivity index is 1.55. The Morgan fingerprint density at radius 1 is 1.14 bits per heavy atom. The van der Waals surface area contributed by atoms with E-state index in [1.807, 2.05) is 19.9 Å². The van der Waals surface area contributed by atoms with Gasteiger partial charge in [-0.05, 0) is 63.7 Å². The number of nitrogens with zero attached hydrogens (tertiary/aromatic N) is 2. The van der Waals surface area contributed by atoms with Crippen molar-refractivity contribution < 1.29 is 50.3 Å². The lowest BCUT2D eigenvalue weighted by Crippen LogP contribution is -2.62. The highest BCUT2D eigenvalue weighted by molar-refractivity contribution is 5.95. The maximum absolute atomic E-state index is 13.7. The number of piperidine rings is 1. The summed E-state index contributed by atoms with van der Waals surface area (Å²) in [4.78, 5) is 52.5. The molecule has 2 saturated carbocycles. The molecule has 0 aromatic rings. The Morgan fingerprint density at radius 3 is 2.23 bits per heavy atom. The lowest BCUT2D eigenvalue weighted by Gasteiger charge is -2.38. The van der Waals surface area contributed by atoms with Gasteiger partial charge in [-0.2, -0.15) is 31.6 Å². The summed E-state index contributed by atoms with van der Waals surface area (Å²) in [5.41, 5.74) is -3.62. The predicted octanol–water partition coefficient (Wildman–Crippen LogP) is 2.33. The van der Waals surface area contributed by atoms with E-state index in [9.17, 15) is 50.8 Å². The molecule has 16 heteroatoms. The minimum Gasteiger partial charge on any atom is -0.360 e. The van der Waals surface area contributed by atoms with Gasteiger partial charge in [-0.15, -0.1) is 0 Å². The van der Waals surface area contributed by atoms with E-state index in [1.165, 1.54) is 5.32 Å². The smallest absolute Gasteiger partial charge is 0.360 e. The number of fused-ring (bicyclic) bond motifs is 1. The van der Waals surface area contributed by atoms with Crippen LogP contribution in [0.15, 0.2) is 0 Å². The van der Waals surface area contributed by atoms with E-state index in [0.29, 0.717) is 20.3 Å². The first-order chi connectivity index (χ1) is 19.5. The topological polar surface area (TPSA) is 141 Å². The number of nitrogens with one attached hydrogen (secondary N) is 3. The normalized spacial score (nSPS) is 29.2. The molecule has 2 aliphatic carbocycles. The molecule has 4 fully saturated rings. The van der Waals surface area contributed by atoms with Crippen molar-refractivity contribution in [2.45, 2.75) is 108 Å². The first-order valence-electron chi connectivity index (χ1n) is 14.0. The van der Waals surface area contributed by atoms with Gasteiger partial charge in [-0.25, -0.2) is 0 Å². The Labute approximate surface area is 244 Å². The maximum Gasteiger partial charge on any atom is 0.471 e. The van der Waals surface area contributed by atoms with E-state index in [2.05, 4.69) is 10.6 Å². The molecular formula is C27H35F6N5O5. The highest BCUT2D eigenvalue weighted by Crippen LogP contribution is 2.65. The van der Waals surface area contributed by atoms with Gasteiger partial charge in [0.1, 0.15) is 18.1 Å². The number of hydrogen-bond acceptors (Lipinski definition) is 6. The fourth-order valence-corrected chi connectivity index (χ4v) is 6.53. The molecule has 7 atom stereocenters. The van der Waals surface area contributed by atoms with Gasteiger partial charge in [-0.1, -0.05) is 13.8 Å². The SMILES string of the molecule is C[C@@H](OC(C)(C)C(F)(F)F)[C@H](NC(=O)C(F)(F)F)C(=O)N1CC2C(C1C(=O)N[C@H](C#N)C[C@@H]1CC3(CC3)NC1=O)C2(C)C. The predicted molar refractivity (Wildman–Crippen MR) is 135 cm³/mol. The number of nitriles is 1. The van der Waals surface area contributed by atoms with Gasteiger partial charge in [-0.3, -0.25) is 19.2 Å². The van der Waals surface area contributed by atoms with Crippen molar-refractivity contribution in [3.8, 4) is 6.07 Å².